The van der Waals surface area contributed by atoms with Crippen molar-refractivity contribution in [3.05, 3.63) is 83.0 Å². The second kappa shape index (κ2) is 5.31. The number of ketones is 2. The van der Waals surface area contributed by atoms with Gasteiger partial charge in [0.05, 0.1) is 23.1 Å². The molecular weight excluding hydrogens is 302 g/mol. The van der Waals surface area contributed by atoms with Crippen molar-refractivity contribution in [1.29, 1.82) is 0 Å². The molecule has 2 aromatic carbocycles. The Morgan fingerprint density at radius 3 is 2.21 bits per heavy atom. The van der Waals surface area contributed by atoms with Gasteiger partial charge in [-0.25, -0.2) is 4.98 Å². The number of rotatable bonds is 2. The highest BCUT2D eigenvalue weighted by Crippen LogP contribution is 2.33. The molecule has 5 nitrogen and oxygen atoms in total. The number of anilines is 3. The van der Waals surface area contributed by atoms with Crippen LogP contribution in [0.4, 0.5) is 17.2 Å². The molecule has 3 N–H and O–H groups in total. The van der Waals surface area contributed by atoms with Crippen LogP contribution in [0.25, 0.3) is 0 Å². The summed E-state index contributed by atoms with van der Waals surface area (Å²) in [4.78, 5) is 29.6. The minimum absolute atomic E-state index is 0.140. The van der Waals surface area contributed by atoms with Gasteiger partial charge in [0.1, 0.15) is 5.82 Å². The molecule has 116 valence electrons. The van der Waals surface area contributed by atoms with E-state index in [9.17, 15) is 9.59 Å². The van der Waals surface area contributed by atoms with Crippen LogP contribution in [0, 0.1) is 0 Å². The fourth-order valence-electron chi connectivity index (χ4n) is 2.88. The van der Waals surface area contributed by atoms with Gasteiger partial charge in [0, 0.05) is 16.7 Å². The van der Waals surface area contributed by atoms with Crippen LogP contribution < -0.4 is 11.1 Å². The quantitative estimate of drug-likeness (QED) is 0.593. The number of carbonyl (C=O) groups excluding carboxylic acids is 2. The summed E-state index contributed by atoms with van der Waals surface area (Å²) in [6.07, 6.45) is 1.58. The molecule has 0 fully saturated rings. The summed E-state index contributed by atoms with van der Waals surface area (Å²) in [5, 5.41) is 3.15. The minimum Gasteiger partial charge on any atom is -0.384 e. The Bertz CT molecular complexity index is 978. The average Bonchev–Trinajstić information content (AvgIpc) is 2.61. The topological polar surface area (TPSA) is 85.1 Å². The number of pyridine rings is 1. The zero-order valence-electron chi connectivity index (χ0n) is 12.6. The van der Waals surface area contributed by atoms with E-state index in [1.165, 1.54) is 0 Å². The Morgan fingerprint density at radius 1 is 0.792 bits per heavy atom. The molecule has 4 rings (SSSR count). The van der Waals surface area contributed by atoms with Crippen molar-refractivity contribution < 1.29 is 9.59 Å². The van der Waals surface area contributed by atoms with E-state index >= 15 is 0 Å². The maximum absolute atomic E-state index is 12.9. The molecule has 0 amide bonds. The van der Waals surface area contributed by atoms with E-state index in [1.807, 2.05) is 0 Å². The fourth-order valence-corrected chi connectivity index (χ4v) is 2.88. The van der Waals surface area contributed by atoms with Gasteiger partial charge >= 0.3 is 0 Å². The van der Waals surface area contributed by atoms with Gasteiger partial charge < -0.3 is 11.1 Å². The lowest BCUT2D eigenvalue weighted by Crippen LogP contribution is -2.22. The van der Waals surface area contributed by atoms with Crippen LogP contribution in [-0.4, -0.2) is 16.6 Å². The first-order valence-corrected chi connectivity index (χ1v) is 7.45. The van der Waals surface area contributed by atoms with E-state index < -0.39 is 0 Å². The molecule has 0 saturated carbocycles. The van der Waals surface area contributed by atoms with Gasteiger partial charge in [-0.2, -0.15) is 0 Å². The molecule has 24 heavy (non-hydrogen) atoms. The van der Waals surface area contributed by atoms with Crippen molar-refractivity contribution in [2.45, 2.75) is 0 Å². The maximum Gasteiger partial charge on any atom is 0.196 e. The Kier molecular flexibility index (Phi) is 3.13. The lowest BCUT2D eigenvalue weighted by molar-refractivity contribution is 0.0979. The number of aromatic nitrogens is 1. The first kappa shape index (κ1) is 14.1. The first-order chi connectivity index (χ1) is 11.6. The largest absolute Gasteiger partial charge is 0.384 e. The molecule has 0 atom stereocenters. The van der Waals surface area contributed by atoms with Crippen LogP contribution in [0.5, 0.6) is 0 Å². The van der Waals surface area contributed by atoms with E-state index in [4.69, 9.17) is 5.73 Å². The van der Waals surface area contributed by atoms with Gasteiger partial charge in [0.25, 0.3) is 0 Å². The van der Waals surface area contributed by atoms with Gasteiger partial charge in [0.2, 0.25) is 0 Å². The minimum atomic E-state index is -0.160. The van der Waals surface area contributed by atoms with Crippen molar-refractivity contribution in [3.63, 3.8) is 0 Å². The SMILES string of the molecule is Nc1ccc(Nc2cccc3c2C(=O)c2ccccc2C3=O)cn1. The molecule has 1 aromatic heterocycles. The van der Waals surface area contributed by atoms with Gasteiger partial charge in [-0.05, 0) is 18.2 Å². The van der Waals surface area contributed by atoms with E-state index in [-0.39, 0.29) is 11.6 Å². The maximum atomic E-state index is 12.9. The first-order valence-electron chi connectivity index (χ1n) is 7.45. The summed E-state index contributed by atoms with van der Waals surface area (Å²) in [6, 6.07) is 15.5. The zero-order chi connectivity index (χ0) is 16.7. The Morgan fingerprint density at radius 2 is 1.50 bits per heavy atom. The lowest BCUT2D eigenvalue weighted by Gasteiger charge is -2.20. The van der Waals surface area contributed by atoms with Crippen LogP contribution >= 0.6 is 0 Å². The van der Waals surface area contributed by atoms with Gasteiger partial charge in [0.15, 0.2) is 11.6 Å². The molecule has 0 radical (unpaired) electrons. The highest BCUT2D eigenvalue weighted by molar-refractivity contribution is 6.30. The summed E-state index contributed by atoms with van der Waals surface area (Å²) in [5.41, 5.74) is 8.53. The lowest BCUT2D eigenvalue weighted by atomic mass is 9.83. The molecule has 0 unspecified atom stereocenters. The number of nitrogens with one attached hydrogen (secondary N) is 1. The van der Waals surface area contributed by atoms with E-state index in [1.54, 1.807) is 60.8 Å². The second-order valence-corrected chi connectivity index (χ2v) is 5.53. The van der Waals surface area contributed by atoms with Crippen molar-refractivity contribution in [3.8, 4) is 0 Å². The Hall–Kier alpha value is -3.47. The summed E-state index contributed by atoms with van der Waals surface area (Å²) < 4.78 is 0. The zero-order valence-corrected chi connectivity index (χ0v) is 12.6. The number of hydrogen-bond donors (Lipinski definition) is 2. The number of fused-ring (bicyclic) bond motifs is 2. The summed E-state index contributed by atoms with van der Waals surface area (Å²) in [5.74, 6) is 0.113. The standard InChI is InChI=1S/C19H13N3O2/c20-16-9-8-11(10-21-16)22-15-7-3-6-14-17(15)19(24)13-5-2-1-4-12(13)18(14)23/h1-10,22H,(H2,20,21). The number of nitrogens with two attached hydrogens (primary N) is 1. The van der Waals surface area contributed by atoms with Crippen LogP contribution in [0.3, 0.4) is 0 Å². The second-order valence-electron chi connectivity index (χ2n) is 5.53. The number of nitrogen functional groups attached to an aromatic ring is 1. The molecular formula is C19H13N3O2. The highest BCUT2D eigenvalue weighted by Gasteiger charge is 2.31. The summed E-state index contributed by atoms with van der Waals surface area (Å²) in [6.45, 7) is 0. The van der Waals surface area contributed by atoms with Crippen LogP contribution in [0.2, 0.25) is 0 Å². The van der Waals surface area contributed by atoms with Crippen molar-refractivity contribution >= 4 is 28.8 Å². The van der Waals surface area contributed by atoms with Crippen LogP contribution in [0.15, 0.2) is 60.8 Å². The van der Waals surface area contributed by atoms with Gasteiger partial charge in [-0.15, -0.1) is 0 Å². The molecule has 1 aliphatic carbocycles. The van der Waals surface area contributed by atoms with Gasteiger partial charge in [-0.3, -0.25) is 9.59 Å². The molecule has 0 aliphatic heterocycles. The smallest absolute Gasteiger partial charge is 0.196 e. The Balaban J connectivity index is 1.83. The van der Waals surface area contributed by atoms with Gasteiger partial charge in [-0.1, -0.05) is 36.4 Å². The number of carbonyl (C=O) groups is 2. The molecule has 1 heterocycles. The van der Waals surface area contributed by atoms with E-state index in [2.05, 4.69) is 10.3 Å². The molecule has 5 heteroatoms. The average molecular weight is 315 g/mol. The predicted molar refractivity (Wildman–Crippen MR) is 91.7 cm³/mol. The van der Waals surface area contributed by atoms with Crippen molar-refractivity contribution in [2.75, 3.05) is 11.1 Å². The molecule has 0 bridgehead atoms. The highest BCUT2D eigenvalue weighted by atomic mass is 16.1. The molecule has 0 spiro atoms. The van der Waals surface area contributed by atoms with Crippen LogP contribution in [0.1, 0.15) is 31.8 Å². The third-order valence-corrected chi connectivity index (χ3v) is 4.02. The monoisotopic (exact) mass is 315 g/mol. The molecule has 1 aliphatic rings. The van der Waals surface area contributed by atoms with Crippen molar-refractivity contribution in [1.82, 2.24) is 4.98 Å². The Labute approximate surface area is 138 Å². The summed E-state index contributed by atoms with van der Waals surface area (Å²) in [7, 11) is 0. The third-order valence-electron chi connectivity index (χ3n) is 4.02. The van der Waals surface area contributed by atoms with E-state index in [0.29, 0.717) is 39.4 Å². The van der Waals surface area contributed by atoms with Crippen molar-refractivity contribution in [2.24, 2.45) is 0 Å². The fraction of sp³-hybridized carbons (Fsp3) is 0. The molecule has 3 aromatic rings. The number of benzene rings is 2. The third kappa shape index (κ3) is 2.14. The van der Waals surface area contributed by atoms with Crippen LogP contribution in [-0.2, 0) is 0 Å². The predicted octanol–water partition coefficient (Wildman–Crippen LogP) is 3.18. The molecule has 0 saturated heterocycles. The summed E-state index contributed by atoms with van der Waals surface area (Å²) >= 11 is 0. The number of hydrogen-bond acceptors (Lipinski definition) is 5. The van der Waals surface area contributed by atoms with E-state index in [0.717, 1.165) is 0 Å². The normalized spacial score (nSPS) is 12.5. The number of nitrogens with zero attached hydrogens (tertiary/aromatic N) is 1.